The molecule has 0 spiro atoms. The topological polar surface area (TPSA) is 122 Å². The second-order valence-corrected chi connectivity index (χ2v) is 8.41. The van der Waals surface area contributed by atoms with Crippen molar-refractivity contribution in [2.24, 2.45) is 0 Å². The van der Waals surface area contributed by atoms with E-state index in [-0.39, 0.29) is 18.7 Å². The van der Waals surface area contributed by atoms with Gasteiger partial charge in [-0.2, -0.15) is 4.31 Å². The fourth-order valence-corrected chi connectivity index (χ4v) is 4.38. The predicted octanol–water partition coefficient (Wildman–Crippen LogP) is 1.39. The molecule has 1 unspecified atom stereocenters. The number of esters is 1. The Morgan fingerprint density at radius 2 is 1.86 bits per heavy atom. The van der Waals surface area contributed by atoms with Gasteiger partial charge in [0.15, 0.2) is 6.10 Å². The molecule has 2 N–H and O–H groups in total. The fraction of sp³-hybridized carbons (Fsp3) is 0.500. The molecule has 0 aliphatic carbocycles. The molecule has 1 aromatic rings. The van der Waals surface area contributed by atoms with Gasteiger partial charge in [-0.05, 0) is 44.9 Å². The number of amides is 3. The SMILES string of the molecule is CCNC(=O)NC(=O)C(C)OC(=O)c1ccc(F)c(S(=O)(=O)N2CCCCC2)c1. The lowest BCUT2D eigenvalue weighted by atomic mass is 10.2. The van der Waals surface area contributed by atoms with Crippen molar-refractivity contribution in [2.45, 2.75) is 44.1 Å². The second kappa shape index (κ2) is 9.79. The van der Waals surface area contributed by atoms with Gasteiger partial charge in [0.2, 0.25) is 10.0 Å². The number of ether oxygens (including phenoxy) is 1. The third-order valence-corrected chi connectivity index (χ3v) is 6.24. The molecule has 1 aliphatic rings. The Kier molecular flexibility index (Phi) is 7.68. The van der Waals surface area contributed by atoms with Crippen molar-refractivity contribution in [3.8, 4) is 0 Å². The van der Waals surface area contributed by atoms with Gasteiger partial charge in [-0.25, -0.2) is 22.4 Å². The van der Waals surface area contributed by atoms with Crippen molar-refractivity contribution >= 4 is 27.9 Å². The molecule has 11 heteroatoms. The number of imide groups is 1. The highest BCUT2D eigenvalue weighted by molar-refractivity contribution is 7.89. The van der Waals surface area contributed by atoms with E-state index in [1.165, 1.54) is 11.2 Å². The summed E-state index contributed by atoms with van der Waals surface area (Å²) >= 11 is 0. The highest BCUT2D eigenvalue weighted by atomic mass is 32.2. The number of piperidine rings is 1. The number of sulfonamides is 1. The van der Waals surface area contributed by atoms with Crippen molar-refractivity contribution in [2.75, 3.05) is 19.6 Å². The molecule has 2 rings (SSSR count). The summed E-state index contributed by atoms with van der Waals surface area (Å²) in [6.07, 6.45) is 0.941. The number of nitrogens with one attached hydrogen (secondary N) is 2. The summed E-state index contributed by atoms with van der Waals surface area (Å²) in [6.45, 7) is 3.79. The maximum Gasteiger partial charge on any atom is 0.338 e. The van der Waals surface area contributed by atoms with Gasteiger partial charge < -0.3 is 10.1 Å². The minimum atomic E-state index is -4.10. The third-order valence-electron chi connectivity index (χ3n) is 4.33. The van der Waals surface area contributed by atoms with E-state index in [9.17, 15) is 27.2 Å². The summed E-state index contributed by atoms with van der Waals surface area (Å²) in [5.74, 6) is -2.85. The fourth-order valence-electron chi connectivity index (χ4n) is 2.77. The molecule has 1 atom stereocenters. The Morgan fingerprint density at radius 1 is 1.21 bits per heavy atom. The first-order chi connectivity index (χ1) is 13.7. The Morgan fingerprint density at radius 3 is 2.48 bits per heavy atom. The predicted molar refractivity (Wildman–Crippen MR) is 101 cm³/mol. The van der Waals surface area contributed by atoms with Crippen molar-refractivity contribution in [1.82, 2.24) is 14.9 Å². The standard InChI is InChI=1S/C18H24FN3O6S/c1-3-20-18(25)21-16(23)12(2)28-17(24)13-7-8-14(19)15(11-13)29(26,27)22-9-5-4-6-10-22/h7-8,11-12H,3-6,9-10H2,1-2H3,(H2,20,21,23,25). The first kappa shape index (κ1) is 22.8. The van der Waals surface area contributed by atoms with E-state index in [0.29, 0.717) is 19.4 Å². The largest absolute Gasteiger partial charge is 0.449 e. The van der Waals surface area contributed by atoms with Crippen LogP contribution in [0.3, 0.4) is 0 Å². The first-order valence-corrected chi connectivity index (χ1v) is 10.7. The summed E-state index contributed by atoms with van der Waals surface area (Å²) in [4.78, 5) is 34.9. The molecule has 1 fully saturated rings. The average molecular weight is 429 g/mol. The molecule has 0 aromatic heterocycles. The number of urea groups is 1. The van der Waals surface area contributed by atoms with E-state index in [0.717, 1.165) is 24.6 Å². The number of hydrogen-bond donors (Lipinski definition) is 2. The van der Waals surface area contributed by atoms with Crippen molar-refractivity contribution in [1.29, 1.82) is 0 Å². The van der Waals surface area contributed by atoms with Gasteiger partial charge in [0.1, 0.15) is 10.7 Å². The van der Waals surface area contributed by atoms with Crippen LogP contribution in [0.2, 0.25) is 0 Å². The zero-order valence-electron chi connectivity index (χ0n) is 16.2. The molecule has 1 heterocycles. The summed E-state index contributed by atoms with van der Waals surface area (Å²) in [6, 6.07) is 2.10. The van der Waals surface area contributed by atoms with Crippen LogP contribution in [0, 0.1) is 5.82 Å². The molecule has 0 saturated carbocycles. The molecule has 1 aromatic carbocycles. The number of hydrogen-bond acceptors (Lipinski definition) is 6. The van der Waals surface area contributed by atoms with Gasteiger partial charge in [0.25, 0.3) is 5.91 Å². The molecule has 0 bridgehead atoms. The lowest BCUT2D eigenvalue weighted by Crippen LogP contribution is -2.44. The lowest BCUT2D eigenvalue weighted by Gasteiger charge is -2.26. The zero-order chi connectivity index (χ0) is 21.6. The van der Waals surface area contributed by atoms with Gasteiger partial charge in [0, 0.05) is 19.6 Å². The number of nitrogens with zero attached hydrogens (tertiary/aromatic N) is 1. The summed E-state index contributed by atoms with van der Waals surface area (Å²) in [7, 11) is -4.10. The summed E-state index contributed by atoms with van der Waals surface area (Å²) in [5, 5.41) is 4.35. The van der Waals surface area contributed by atoms with Gasteiger partial charge in [-0.3, -0.25) is 10.1 Å². The third kappa shape index (κ3) is 5.73. The summed E-state index contributed by atoms with van der Waals surface area (Å²) in [5.41, 5.74) is -0.223. The van der Waals surface area contributed by atoms with E-state index in [2.05, 4.69) is 5.32 Å². The Balaban J connectivity index is 2.14. The maximum atomic E-state index is 14.2. The van der Waals surface area contributed by atoms with E-state index in [1.54, 1.807) is 6.92 Å². The highest BCUT2D eigenvalue weighted by Gasteiger charge is 2.30. The monoisotopic (exact) mass is 429 g/mol. The second-order valence-electron chi connectivity index (χ2n) is 6.51. The quantitative estimate of drug-likeness (QED) is 0.659. The van der Waals surface area contributed by atoms with E-state index in [1.807, 2.05) is 5.32 Å². The minimum Gasteiger partial charge on any atom is -0.449 e. The molecular formula is C18H24FN3O6S. The molecular weight excluding hydrogens is 405 g/mol. The normalized spacial score (nSPS) is 16.0. The number of carbonyl (C=O) groups excluding carboxylic acids is 3. The van der Waals surface area contributed by atoms with Crippen LogP contribution in [0.25, 0.3) is 0 Å². The average Bonchev–Trinajstić information content (AvgIpc) is 2.68. The van der Waals surface area contributed by atoms with Gasteiger partial charge >= 0.3 is 12.0 Å². The highest BCUT2D eigenvalue weighted by Crippen LogP contribution is 2.24. The Labute approximate surface area is 168 Å². The van der Waals surface area contributed by atoms with Crippen molar-refractivity contribution in [3.63, 3.8) is 0 Å². The van der Waals surface area contributed by atoms with Crippen LogP contribution >= 0.6 is 0 Å². The Hall–Kier alpha value is -2.53. The lowest BCUT2D eigenvalue weighted by molar-refractivity contribution is -0.127. The smallest absolute Gasteiger partial charge is 0.338 e. The van der Waals surface area contributed by atoms with Gasteiger partial charge in [0.05, 0.1) is 5.56 Å². The van der Waals surface area contributed by atoms with E-state index in [4.69, 9.17) is 4.74 Å². The molecule has 160 valence electrons. The van der Waals surface area contributed by atoms with Crippen LogP contribution < -0.4 is 10.6 Å². The minimum absolute atomic E-state index is 0.223. The summed E-state index contributed by atoms with van der Waals surface area (Å²) < 4.78 is 45.8. The van der Waals surface area contributed by atoms with Crippen LogP contribution in [0.5, 0.6) is 0 Å². The van der Waals surface area contributed by atoms with Crippen molar-refractivity contribution < 1.29 is 31.9 Å². The van der Waals surface area contributed by atoms with Crippen LogP contribution in [-0.2, 0) is 19.6 Å². The number of halogens is 1. The number of benzene rings is 1. The Bertz CT molecular complexity index is 884. The van der Waals surface area contributed by atoms with Crippen LogP contribution in [0.1, 0.15) is 43.5 Å². The molecule has 1 aliphatic heterocycles. The van der Waals surface area contributed by atoms with Crippen LogP contribution in [0.15, 0.2) is 23.1 Å². The van der Waals surface area contributed by atoms with Gasteiger partial charge in [-0.1, -0.05) is 6.42 Å². The van der Waals surface area contributed by atoms with E-state index >= 15 is 0 Å². The molecule has 9 nitrogen and oxygen atoms in total. The molecule has 0 radical (unpaired) electrons. The van der Waals surface area contributed by atoms with Gasteiger partial charge in [-0.15, -0.1) is 0 Å². The van der Waals surface area contributed by atoms with Crippen LogP contribution in [0.4, 0.5) is 9.18 Å². The number of rotatable bonds is 6. The zero-order valence-corrected chi connectivity index (χ0v) is 17.1. The number of carbonyl (C=O) groups is 3. The molecule has 3 amide bonds. The van der Waals surface area contributed by atoms with E-state index < -0.39 is 44.7 Å². The first-order valence-electron chi connectivity index (χ1n) is 9.26. The van der Waals surface area contributed by atoms with Crippen molar-refractivity contribution in [3.05, 3.63) is 29.6 Å². The molecule has 1 saturated heterocycles. The maximum absolute atomic E-state index is 14.2. The molecule has 29 heavy (non-hydrogen) atoms. The van der Waals surface area contributed by atoms with Crippen LogP contribution in [-0.4, -0.2) is 56.4 Å².